The van der Waals surface area contributed by atoms with Crippen molar-refractivity contribution >= 4 is 5.97 Å². The lowest BCUT2D eigenvalue weighted by atomic mass is 10.5. The zero-order chi connectivity index (χ0) is 10.5. The fraction of sp³-hybridized carbons (Fsp3) is 0.727. The summed E-state index contributed by atoms with van der Waals surface area (Å²) in [7, 11) is 0. The van der Waals surface area contributed by atoms with Gasteiger partial charge in [-0.25, -0.2) is 0 Å². The maximum absolute atomic E-state index is 10.3. The van der Waals surface area contributed by atoms with Crippen LogP contribution < -0.4 is 0 Å². The lowest BCUT2D eigenvalue weighted by molar-refractivity contribution is -0.143. The number of hydrogen-bond donors (Lipinski definition) is 0. The molecule has 2 nitrogen and oxygen atoms in total. The Kier molecular flexibility index (Phi) is 15.2. The molecule has 0 aromatic heterocycles. The van der Waals surface area contributed by atoms with Gasteiger partial charge in [0.05, 0.1) is 6.61 Å². The van der Waals surface area contributed by atoms with Crippen LogP contribution in [0.15, 0.2) is 0 Å². The Morgan fingerprint density at radius 3 is 2.15 bits per heavy atom. The molecule has 0 N–H and O–H groups in total. The van der Waals surface area contributed by atoms with Crippen molar-refractivity contribution in [2.45, 2.75) is 47.0 Å². The van der Waals surface area contributed by atoms with Crippen LogP contribution in [0, 0.1) is 11.8 Å². The summed E-state index contributed by atoms with van der Waals surface area (Å²) in [6.07, 6.45) is 2.38. The number of rotatable bonds is 3. The van der Waals surface area contributed by atoms with Crippen LogP contribution in [0.25, 0.3) is 0 Å². The zero-order valence-electron chi connectivity index (χ0n) is 9.14. The molecule has 0 aromatic carbocycles. The summed E-state index contributed by atoms with van der Waals surface area (Å²) in [6.45, 7) is 8.22. The van der Waals surface area contributed by atoms with Gasteiger partial charge in [-0.2, -0.15) is 0 Å². The van der Waals surface area contributed by atoms with E-state index in [1.807, 2.05) is 20.8 Å². The third kappa shape index (κ3) is 18.2. The van der Waals surface area contributed by atoms with Crippen molar-refractivity contribution in [2.75, 3.05) is 6.61 Å². The molecule has 0 bridgehead atoms. The maximum Gasteiger partial charge on any atom is 0.305 e. The van der Waals surface area contributed by atoms with E-state index in [0.29, 0.717) is 13.0 Å². The molecular formula is C11H20O2. The summed E-state index contributed by atoms with van der Waals surface area (Å²) in [5.41, 5.74) is 0. The number of carbonyl (C=O) groups is 1. The molecule has 0 aliphatic heterocycles. The molecule has 0 atom stereocenters. The van der Waals surface area contributed by atoms with Gasteiger partial charge >= 0.3 is 5.97 Å². The smallest absolute Gasteiger partial charge is 0.305 e. The second-order valence-electron chi connectivity index (χ2n) is 2.35. The van der Waals surface area contributed by atoms with Crippen molar-refractivity contribution in [1.29, 1.82) is 0 Å². The van der Waals surface area contributed by atoms with E-state index in [9.17, 15) is 4.79 Å². The first-order valence-electron chi connectivity index (χ1n) is 4.78. The molecule has 76 valence electrons. The number of ether oxygens (including phenoxy) is 1. The van der Waals surface area contributed by atoms with Crippen LogP contribution in [0.2, 0.25) is 0 Å². The van der Waals surface area contributed by atoms with Gasteiger partial charge in [0.25, 0.3) is 0 Å². The van der Waals surface area contributed by atoms with Crippen LogP contribution in [0.4, 0.5) is 0 Å². The standard InChI is InChI=1S/C6H12O2.C5H8/c1-3-5-8-6(7)4-2;1-3-5-4-2/h3-5H2,1-2H3;3H2,1-2H3. The van der Waals surface area contributed by atoms with Crippen molar-refractivity contribution < 1.29 is 9.53 Å². The molecule has 13 heavy (non-hydrogen) atoms. The second-order valence-corrected chi connectivity index (χ2v) is 2.35. The molecule has 0 saturated carbocycles. The molecule has 0 fully saturated rings. The van der Waals surface area contributed by atoms with Crippen molar-refractivity contribution in [3.63, 3.8) is 0 Å². The van der Waals surface area contributed by atoms with E-state index >= 15 is 0 Å². The Morgan fingerprint density at radius 1 is 1.31 bits per heavy atom. The highest BCUT2D eigenvalue weighted by atomic mass is 16.5. The SMILES string of the molecule is CC#CCC.CCCOC(=O)CC. The third-order valence-electron chi connectivity index (χ3n) is 1.11. The van der Waals surface area contributed by atoms with E-state index in [1.54, 1.807) is 6.92 Å². The van der Waals surface area contributed by atoms with Crippen LogP contribution in [-0.4, -0.2) is 12.6 Å². The molecule has 0 aliphatic carbocycles. The molecule has 2 heteroatoms. The minimum absolute atomic E-state index is 0.105. The number of esters is 1. The van der Waals surface area contributed by atoms with Crippen molar-refractivity contribution in [3.8, 4) is 11.8 Å². The predicted octanol–water partition coefficient (Wildman–Crippen LogP) is 2.77. The zero-order valence-corrected chi connectivity index (χ0v) is 9.14. The first-order chi connectivity index (χ1) is 6.22. The lowest BCUT2D eigenvalue weighted by Crippen LogP contribution is -2.02. The fourth-order valence-corrected chi connectivity index (χ4v) is 0.495. The van der Waals surface area contributed by atoms with Gasteiger partial charge in [0.15, 0.2) is 0 Å². The molecule has 0 saturated heterocycles. The van der Waals surface area contributed by atoms with E-state index in [-0.39, 0.29) is 5.97 Å². The summed E-state index contributed by atoms with van der Waals surface area (Å²) in [5.74, 6) is 5.52. The summed E-state index contributed by atoms with van der Waals surface area (Å²) >= 11 is 0. The Morgan fingerprint density at radius 2 is 1.92 bits per heavy atom. The van der Waals surface area contributed by atoms with Gasteiger partial charge in [-0.05, 0) is 13.3 Å². The van der Waals surface area contributed by atoms with Crippen LogP contribution in [0.1, 0.15) is 47.0 Å². The van der Waals surface area contributed by atoms with Gasteiger partial charge in [-0.15, -0.1) is 11.8 Å². The van der Waals surface area contributed by atoms with E-state index in [1.165, 1.54) is 0 Å². The number of hydrogen-bond acceptors (Lipinski definition) is 2. The van der Waals surface area contributed by atoms with Crippen LogP contribution in [0.5, 0.6) is 0 Å². The van der Waals surface area contributed by atoms with Gasteiger partial charge in [0.1, 0.15) is 0 Å². The predicted molar refractivity (Wildman–Crippen MR) is 55.3 cm³/mol. The summed E-state index contributed by atoms with van der Waals surface area (Å²) in [6, 6.07) is 0. The van der Waals surface area contributed by atoms with Gasteiger partial charge < -0.3 is 4.74 Å². The van der Waals surface area contributed by atoms with E-state index in [4.69, 9.17) is 4.74 Å². The molecule has 0 heterocycles. The van der Waals surface area contributed by atoms with Crippen molar-refractivity contribution in [3.05, 3.63) is 0 Å². The summed E-state index contributed by atoms with van der Waals surface area (Å²) in [4.78, 5) is 10.3. The van der Waals surface area contributed by atoms with Crippen molar-refractivity contribution in [2.24, 2.45) is 0 Å². The van der Waals surface area contributed by atoms with Crippen LogP contribution >= 0.6 is 0 Å². The highest BCUT2D eigenvalue weighted by molar-refractivity contribution is 5.68. The van der Waals surface area contributed by atoms with Crippen molar-refractivity contribution in [1.82, 2.24) is 0 Å². The van der Waals surface area contributed by atoms with Gasteiger partial charge in [-0.1, -0.05) is 20.8 Å². The molecular weight excluding hydrogens is 164 g/mol. The first-order valence-corrected chi connectivity index (χ1v) is 4.78. The van der Waals surface area contributed by atoms with Gasteiger partial charge in [0, 0.05) is 12.8 Å². The minimum Gasteiger partial charge on any atom is -0.466 e. The van der Waals surface area contributed by atoms with E-state index in [0.717, 1.165) is 12.8 Å². The Hall–Kier alpha value is -0.970. The monoisotopic (exact) mass is 184 g/mol. The summed E-state index contributed by atoms with van der Waals surface area (Å²) in [5, 5.41) is 0. The maximum atomic E-state index is 10.3. The average molecular weight is 184 g/mol. The Labute approximate surface area is 81.7 Å². The lowest BCUT2D eigenvalue weighted by Gasteiger charge is -1.97. The highest BCUT2D eigenvalue weighted by Crippen LogP contribution is 1.85. The summed E-state index contributed by atoms with van der Waals surface area (Å²) < 4.78 is 4.70. The van der Waals surface area contributed by atoms with Crippen LogP contribution in [0.3, 0.4) is 0 Å². The quantitative estimate of drug-likeness (QED) is 0.498. The first kappa shape index (κ1) is 14.5. The molecule has 0 aliphatic rings. The molecule has 0 rings (SSSR count). The molecule has 0 radical (unpaired) electrons. The topological polar surface area (TPSA) is 26.3 Å². The Bertz CT molecular complexity index is 163. The second kappa shape index (κ2) is 13.6. The molecule has 0 spiro atoms. The van der Waals surface area contributed by atoms with Gasteiger partial charge in [-0.3, -0.25) is 4.79 Å². The van der Waals surface area contributed by atoms with Crippen LogP contribution in [-0.2, 0) is 9.53 Å². The normalized spacial score (nSPS) is 7.38. The largest absolute Gasteiger partial charge is 0.466 e. The molecule has 0 amide bonds. The highest BCUT2D eigenvalue weighted by Gasteiger charge is 1.93. The molecule has 0 aromatic rings. The number of carbonyl (C=O) groups excluding carboxylic acids is 1. The third-order valence-corrected chi connectivity index (χ3v) is 1.11. The van der Waals surface area contributed by atoms with E-state index < -0.39 is 0 Å². The minimum atomic E-state index is -0.105. The van der Waals surface area contributed by atoms with E-state index in [2.05, 4.69) is 11.8 Å². The average Bonchev–Trinajstić information content (AvgIpc) is 2.16. The Balaban J connectivity index is 0. The fourth-order valence-electron chi connectivity index (χ4n) is 0.495. The molecule has 0 unspecified atom stereocenters. The van der Waals surface area contributed by atoms with Gasteiger partial charge in [0.2, 0.25) is 0 Å².